The van der Waals surface area contributed by atoms with Crippen LogP contribution in [0.15, 0.2) is 0 Å². The highest BCUT2D eigenvalue weighted by molar-refractivity contribution is 7.37. The van der Waals surface area contributed by atoms with Gasteiger partial charge in [-0.25, -0.2) is 0 Å². The summed E-state index contributed by atoms with van der Waals surface area (Å²) in [4.78, 5) is 0. The van der Waals surface area contributed by atoms with Crippen LogP contribution in [0, 0.1) is 0 Å². The summed E-state index contributed by atoms with van der Waals surface area (Å²) in [7, 11) is 0. The molecule has 0 fully saturated rings. The van der Waals surface area contributed by atoms with Gasteiger partial charge in [-0.2, -0.15) is 0 Å². The monoisotopic (exact) mass is 107 g/mol. The second kappa shape index (κ2) is 9.00. The molecule has 6 heavy (non-hydrogen) atoms. The molecule has 0 aromatic rings. The van der Waals surface area contributed by atoms with E-state index in [1.807, 2.05) is 0 Å². The van der Waals surface area contributed by atoms with E-state index in [-0.39, 0.29) is 14.9 Å². The van der Waals surface area contributed by atoms with Gasteiger partial charge in [0, 0.05) is 0 Å². The molecular formula is C4H13NS. The number of unbranched alkanes of at least 4 members (excludes halogenated alkanes) is 1. The van der Waals surface area contributed by atoms with Crippen molar-refractivity contribution in [1.82, 2.24) is 0 Å². The third kappa shape index (κ3) is 8.85. The average molecular weight is 107 g/mol. The Kier molecular flexibility index (Phi) is 14.4. The topological polar surface area (TPSA) is 27.6 Å². The van der Waals surface area contributed by atoms with E-state index < -0.39 is 0 Å². The van der Waals surface area contributed by atoms with Gasteiger partial charge in [0.2, 0.25) is 0 Å². The third-order valence-electron chi connectivity index (χ3n) is 0.604. The lowest BCUT2D eigenvalue weighted by atomic mass is 10.3. The minimum atomic E-state index is 0. The fourth-order valence-corrected chi connectivity index (χ4v) is 0.250. The summed E-state index contributed by atoms with van der Waals surface area (Å²) < 4.78 is 0. The van der Waals surface area contributed by atoms with E-state index in [0.29, 0.717) is 0 Å². The van der Waals surface area contributed by atoms with Gasteiger partial charge >= 0.3 is 1.43 Å². The zero-order valence-corrected chi connectivity index (χ0v) is 5.05. The third-order valence-corrected chi connectivity index (χ3v) is 0.604. The van der Waals surface area contributed by atoms with Crippen LogP contribution in [-0.4, -0.2) is 6.54 Å². The predicted molar refractivity (Wildman–Crippen MR) is 31.1 cm³/mol. The van der Waals surface area contributed by atoms with Crippen LogP contribution in [-0.2, 0) is 13.5 Å². The molecule has 0 heterocycles. The van der Waals surface area contributed by atoms with Gasteiger partial charge in [0.05, 0.1) is 6.54 Å². The van der Waals surface area contributed by atoms with E-state index in [1.54, 1.807) is 0 Å². The summed E-state index contributed by atoms with van der Waals surface area (Å²) in [5.41, 5.74) is 3.68. The fourth-order valence-electron chi connectivity index (χ4n) is 0.250. The summed E-state index contributed by atoms with van der Waals surface area (Å²) in [5, 5.41) is 0. The SMILES string of the molecule is CCCC[NH3+].[H+].[S-2]. The first-order valence-corrected chi connectivity index (χ1v) is 2.21. The first kappa shape index (κ1) is 9.58. The van der Waals surface area contributed by atoms with Crippen LogP contribution in [0.4, 0.5) is 0 Å². The maximum Gasteiger partial charge on any atom is 1.00 e. The largest absolute Gasteiger partial charge is 2.00 e. The van der Waals surface area contributed by atoms with Crippen LogP contribution in [0.25, 0.3) is 0 Å². The zero-order valence-electron chi connectivity index (χ0n) is 5.24. The summed E-state index contributed by atoms with van der Waals surface area (Å²) in [6.45, 7) is 3.27. The van der Waals surface area contributed by atoms with Crippen molar-refractivity contribution in [2.75, 3.05) is 6.54 Å². The molecule has 0 rings (SSSR count). The van der Waals surface area contributed by atoms with Crippen LogP contribution in [0.1, 0.15) is 21.2 Å². The average Bonchev–Trinajstić information content (AvgIpc) is 1.41. The van der Waals surface area contributed by atoms with Crippen molar-refractivity contribution in [3.05, 3.63) is 0 Å². The quantitative estimate of drug-likeness (QED) is 0.520. The Hall–Kier alpha value is 0.310. The lowest BCUT2D eigenvalue weighted by Gasteiger charge is -2.00. The molecule has 0 saturated carbocycles. The molecule has 3 N–H and O–H groups in total. The fraction of sp³-hybridized carbons (Fsp3) is 1.00. The Balaban J connectivity index is -0.0000000800. The standard InChI is InChI=1S/C4H11N.S/c1-2-3-4-5;/h2-5H2,1H3;/q;-2/p+2. The molecule has 40 valence electrons. The number of hydrogen-bond donors (Lipinski definition) is 1. The predicted octanol–water partition coefficient (Wildman–Crippen LogP) is 0.139. The maximum atomic E-state index is 3.68. The van der Waals surface area contributed by atoms with Crippen LogP contribution in [0.5, 0.6) is 0 Å². The highest BCUT2D eigenvalue weighted by atomic mass is 32.1. The molecule has 0 amide bonds. The van der Waals surface area contributed by atoms with Crippen LogP contribution in [0.2, 0.25) is 0 Å². The molecule has 0 bridgehead atoms. The highest BCUT2D eigenvalue weighted by Crippen LogP contribution is 1.75. The molecule has 1 nitrogen and oxygen atoms in total. The molecule has 0 radical (unpaired) electrons. The van der Waals surface area contributed by atoms with Crippen LogP contribution >= 0.6 is 0 Å². The Labute approximate surface area is 47.9 Å². The van der Waals surface area contributed by atoms with Gasteiger partial charge < -0.3 is 19.2 Å². The number of quaternary nitrogens is 1. The summed E-state index contributed by atoms with van der Waals surface area (Å²) in [5.74, 6) is 0. The lowest BCUT2D eigenvalue weighted by molar-refractivity contribution is -0.368. The smallest absolute Gasteiger partial charge is 1.00 e. The minimum Gasteiger partial charge on any atom is -2.00 e. The van der Waals surface area contributed by atoms with Crippen LogP contribution in [0.3, 0.4) is 0 Å². The second-order valence-corrected chi connectivity index (χ2v) is 1.21. The van der Waals surface area contributed by atoms with E-state index in [0.717, 1.165) is 6.54 Å². The lowest BCUT2D eigenvalue weighted by Crippen LogP contribution is -2.49. The Morgan fingerprint density at radius 1 is 1.67 bits per heavy atom. The van der Waals surface area contributed by atoms with Gasteiger partial charge in [-0.05, 0) is 6.42 Å². The molecule has 2 heteroatoms. The van der Waals surface area contributed by atoms with Crippen LogP contribution < -0.4 is 5.73 Å². The van der Waals surface area contributed by atoms with Crippen molar-refractivity contribution >= 4 is 13.5 Å². The normalized spacial score (nSPS) is 7.00. The number of rotatable bonds is 2. The first-order valence-electron chi connectivity index (χ1n) is 2.21. The number of hydrogen-bond acceptors (Lipinski definition) is 0. The molecule has 0 atom stereocenters. The van der Waals surface area contributed by atoms with Crippen molar-refractivity contribution in [2.24, 2.45) is 0 Å². The van der Waals surface area contributed by atoms with E-state index in [2.05, 4.69) is 12.7 Å². The van der Waals surface area contributed by atoms with Gasteiger partial charge in [0.15, 0.2) is 0 Å². The summed E-state index contributed by atoms with van der Waals surface area (Å²) >= 11 is 0. The Bertz CT molecular complexity index is 19.2. The van der Waals surface area contributed by atoms with Crippen molar-refractivity contribution in [3.8, 4) is 0 Å². The first-order chi connectivity index (χ1) is 2.41. The minimum absolute atomic E-state index is 0. The molecule has 0 aliphatic heterocycles. The van der Waals surface area contributed by atoms with E-state index >= 15 is 0 Å². The highest BCUT2D eigenvalue weighted by Gasteiger charge is 1.71. The van der Waals surface area contributed by atoms with Crippen molar-refractivity contribution < 1.29 is 7.16 Å². The molecular weight excluding hydrogens is 94.1 g/mol. The van der Waals surface area contributed by atoms with E-state index in [9.17, 15) is 0 Å². The van der Waals surface area contributed by atoms with E-state index in [1.165, 1.54) is 12.8 Å². The molecule has 0 aliphatic rings. The van der Waals surface area contributed by atoms with E-state index in [4.69, 9.17) is 0 Å². The second-order valence-electron chi connectivity index (χ2n) is 1.21. The molecule has 0 saturated heterocycles. The zero-order chi connectivity index (χ0) is 4.12. The Morgan fingerprint density at radius 3 is 2.17 bits per heavy atom. The Morgan fingerprint density at radius 2 is 2.17 bits per heavy atom. The molecule has 0 aromatic carbocycles. The van der Waals surface area contributed by atoms with Gasteiger partial charge in [-0.3, -0.25) is 0 Å². The molecule has 0 spiro atoms. The molecule has 0 aliphatic carbocycles. The summed E-state index contributed by atoms with van der Waals surface area (Å²) in [6, 6.07) is 0. The van der Waals surface area contributed by atoms with Gasteiger partial charge in [-0.1, -0.05) is 13.3 Å². The van der Waals surface area contributed by atoms with Gasteiger partial charge in [0.25, 0.3) is 0 Å². The maximum absolute atomic E-state index is 3.68. The van der Waals surface area contributed by atoms with Crippen molar-refractivity contribution in [2.45, 2.75) is 19.8 Å². The molecule has 0 aromatic heterocycles. The van der Waals surface area contributed by atoms with Crippen molar-refractivity contribution in [3.63, 3.8) is 0 Å². The van der Waals surface area contributed by atoms with Crippen molar-refractivity contribution in [1.29, 1.82) is 0 Å². The summed E-state index contributed by atoms with van der Waals surface area (Å²) in [6.07, 6.45) is 2.56. The van der Waals surface area contributed by atoms with Gasteiger partial charge in [-0.15, -0.1) is 0 Å². The molecule has 0 unspecified atom stereocenters. The van der Waals surface area contributed by atoms with Gasteiger partial charge in [0.1, 0.15) is 0 Å².